The van der Waals surface area contributed by atoms with E-state index in [4.69, 9.17) is 23.9 Å². The fraction of sp³-hybridized carbons (Fsp3) is 0.660. The van der Waals surface area contributed by atoms with E-state index in [1.54, 1.807) is 27.9 Å². The highest BCUT2D eigenvalue weighted by Gasteiger charge is 2.53. The Morgan fingerprint density at radius 1 is 1.07 bits per heavy atom. The minimum atomic E-state index is -1.04. The van der Waals surface area contributed by atoms with Crippen LogP contribution in [0.4, 0.5) is 10.5 Å². The summed E-state index contributed by atoms with van der Waals surface area (Å²) in [5.74, 6) is -0.811. The number of piperazine rings is 1. The van der Waals surface area contributed by atoms with E-state index in [0.29, 0.717) is 25.8 Å². The van der Waals surface area contributed by atoms with Gasteiger partial charge in [-0.25, -0.2) is 10.2 Å². The monoisotopic (exact) mass is 842 g/mol. The number of esters is 1. The van der Waals surface area contributed by atoms with Crippen molar-refractivity contribution in [1.29, 1.82) is 0 Å². The Hall–Kier alpha value is -4.24. The lowest BCUT2D eigenvalue weighted by Crippen LogP contribution is -2.61. The van der Waals surface area contributed by atoms with E-state index in [2.05, 4.69) is 84.0 Å². The van der Waals surface area contributed by atoms with Crippen LogP contribution >= 0.6 is 0 Å². The highest BCUT2D eigenvalue weighted by atomic mass is 16.6. The molecule has 14 nitrogen and oxygen atoms in total. The molecule has 14 heteroatoms. The summed E-state index contributed by atoms with van der Waals surface area (Å²) in [6.45, 7) is 21.4. The van der Waals surface area contributed by atoms with Gasteiger partial charge in [-0.1, -0.05) is 26.8 Å². The van der Waals surface area contributed by atoms with Crippen LogP contribution in [0.2, 0.25) is 0 Å². The topological polar surface area (TPSA) is 140 Å². The predicted molar refractivity (Wildman–Crippen MR) is 234 cm³/mol. The second-order valence-electron chi connectivity index (χ2n) is 20.0. The summed E-state index contributed by atoms with van der Waals surface area (Å²) in [6, 6.07) is 8.09. The van der Waals surface area contributed by atoms with E-state index in [-0.39, 0.29) is 30.8 Å². The molecule has 5 aliphatic rings. The van der Waals surface area contributed by atoms with Crippen LogP contribution < -0.4 is 15.6 Å². The lowest BCUT2D eigenvalue weighted by Gasteiger charge is -2.36. The van der Waals surface area contributed by atoms with Gasteiger partial charge in [-0.3, -0.25) is 24.5 Å². The zero-order chi connectivity index (χ0) is 43.4. The third kappa shape index (κ3) is 9.14. The number of aryl methyl sites for hydroxylation is 1. The molecule has 5 atom stereocenters. The molecule has 8 rings (SSSR count). The van der Waals surface area contributed by atoms with Crippen LogP contribution in [0.1, 0.15) is 110 Å². The van der Waals surface area contributed by atoms with E-state index in [0.717, 1.165) is 84.3 Å². The SMILES string of the molecule is CCn1c(-c2cc(N3CCN(C4CC4)CC3)cnc2[C@H](C)OC)c2c3cc(ccc31)C1(C)C[C@H]1OCC(NC(=O)OC(C)(C)C)C(=O)N1CCC[C@H](N1)C(=O)OCC(C)(C)C2. The van der Waals surface area contributed by atoms with Crippen molar-refractivity contribution in [3.8, 4) is 11.3 Å². The minimum Gasteiger partial charge on any atom is -0.464 e. The average Bonchev–Trinajstić information content (AvgIpc) is 4.17. The van der Waals surface area contributed by atoms with Crippen molar-refractivity contribution in [1.82, 2.24) is 30.2 Å². The van der Waals surface area contributed by atoms with Crippen molar-refractivity contribution < 1.29 is 33.3 Å². The van der Waals surface area contributed by atoms with Gasteiger partial charge in [-0.05, 0) is 102 Å². The van der Waals surface area contributed by atoms with Crippen LogP contribution in [0.3, 0.4) is 0 Å². The molecular weight excluding hydrogens is 775 g/mol. The van der Waals surface area contributed by atoms with Crippen LogP contribution in [0.15, 0.2) is 30.5 Å². The number of alkyl carbamates (subject to hydrolysis) is 1. The van der Waals surface area contributed by atoms with Gasteiger partial charge < -0.3 is 33.7 Å². The molecule has 0 radical (unpaired) electrons. The molecule has 1 aromatic carbocycles. The Bertz CT molecular complexity index is 2130. The summed E-state index contributed by atoms with van der Waals surface area (Å²) < 4.78 is 26.6. The molecule has 2 aliphatic carbocycles. The molecule has 3 aliphatic heterocycles. The fourth-order valence-electron chi connectivity index (χ4n) is 9.55. The van der Waals surface area contributed by atoms with Crippen molar-refractivity contribution in [2.24, 2.45) is 5.41 Å². The number of nitrogens with one attached hydrogen (secondary N) is 2. The molecule has 61 heavy (non-hydrogen) atoms. The first-order valence-corrected chi connectivity index (χ1v) is 22.5. The van der Waals surface area contributed by atoms with Crippen LogP contribution in [0.5, 0.6) is 0 Å². The van der Waals surface area contributed by atoms with E-state index < -0.39 is 41.1 Å². The Morgan fingerprint density at radius 3 is 2.51 bits per heavy atom. The predicted octanol–water partition coefficient (Wildman–Crippen LogP) is 6.28. The van der Waals surface area contributed by atoms with Gasteiger partial charge >= 0.3 is 12.1 Å². The molecule has 2 amide bonds. The first-order chi connectivity index (χ1) is 29.0. The van der Waals surface area contributed by atoms with Crippen LogP contribution in [0, 0.1) is 5.41 Å². The van der Waals surface area contributed by atoms with Gasteiger partial charge in [0.1, 0.15) is 17.7 Å². The molecule has 332 valence electrons. The lowest BCUT2D eigenvalue weighted by atomic mass is 9.83. The van der Waals surface area contributed by atoms with Gasteiger partial charge in [0, 0.05) is 79.7 Å². The largest absolute Gasteiger partial charge is 0.464 e. The van der Waals surface area contributed by atoms with Crippen molar-refractivity contribution >= 4 is 34.6 Å². The molecular formula is C47H67N7O7. The number of carbonyl (C=O) groups excluding carboxylic acids is 3. The summed E-state index contributed by atoms with van der Waals surface area (Å²) in [4.78, 5) is 51.2. The lowest BCUT2D eigenvalue weighted by molar-refractivity contribution is -0.155. The third-order valence-corrected chi connectivity index (χ3v) is 13.4. The number of amides is 2. The molecule has 4 bridgehead atoms. The fourth-order valence-corrected chi connectivity index (χ4v) is 9.55. The van der Waals surface area contributed by atoms with Crippen molar-refractivity contribution in [3.05, 3.63) is 47.3 Å². The second-order valence-corrected chi connectivity index (χ2v) is 20.0. The van der Waals surface area contributed by atoms with E-state index in [9.17, 15) is 14.4 Å². The zero-order valence-corrected chi connectivity index (χ0v) is 37.8. The van der Waals surface area contributed by atoms with Gasteiger partial charge in [0.25, 0.3) is 5.91 Å². The molecule has 4 fully saturated rings. The summed E-state index contributed by atoms with van der Waals surface area (Å²) in [6.07, 6.45) is 6.01. The summed E-state index contributed by atoms with van der Waals surface area (Å²) in [5, 5.41) is 5.34. The molecule has 5 heterocycles. The number of nitrogens with zero attached hydrogens (tertiary/aromatic N) is 5. The minimum absolute atomic E-state index is 0.0525. The molecule has 2 saturated heterocycles. The Labute approximate surface area is 360 Å². The number of aromatic nitrogens is 2. The summed E-state index contributed by atoms with van der Waals surface area (Å²) in [5.41, 5.74) is 9.20. The molecule has 3 aromatic rings. The quantitative estimate of drug-likeness (QED) is 0.260. The highest BCUT2D eigenvalue weighted by molar-refractivity contribution is 5.94. The number of cyclic esters (lactones) is 1. The third-order valence-electron chi connectivity index (χ3n) is 13.4. The number of ether oxygens (including phenoxy) is 4. The number of carbonyl (C=O) groups is 3. The maximum absolute atomic E-state index is 14.1. The first-order valence-electron chi connectivity index (χ1n) is 22.5. The molecule has 2 aromatic heterocycles. The Balaban J connectivity index is 1.21. The number of hydrogen-bond acceptors (Lipinski definition) is 11. The van der Waals surface area contributed by atoms with Gasteiger partial charge in [0.15, 0.2) is 0 Å². The van der Waals surface area contributed by atoms with Crippen LogP contribution in [-0.4, -0.2) is 120 Å². The number of fused-ring (bicyclic) bond motifs is 5. The van der Waals surface area contributed by atoms with Gasteiger partial charge in [0.2, 0.25) is 0 Å². The maximum Gasteiger partial charge on any atom is 0.408 e. The molecule has 0 spiro atoms. The van der Waals surface area contributed by atoms with Gasteiger partial charge in [0.05, 0.1) is 48.7 Å². The Kier molecular flexibility index (Phi) is 12.0. The number of methoxy groups -OCH3 is 1. The average molecular weight is 842 g/mol. The number of rotatable bonds is 7. The van der Waals surface area contributed by atoms with Gasteiger partial charge in [-0.15, -0.1) is 0 Å². The van der Waals surface area contributed by atoms with Crippen molar-refractivity contribution in [2.45, 2.75) is 142 Å². The van der Waals surface area contributed by atoms with Crippen LogP contribution in [-0.2, 0) is 46.9 Å². The number of benzene rings is 1. The van der Waals surface area contributed by atoms with E-state index in [1.807, 2.05) is 6.20 Å². The number of pyridine rings is 1. The zero-order valence-electron chi connectivity index (χ0n) is 37.8. The Morgan fingerprint density at radius 2 is 1.82 bits per heavy atom. The number of anilines is 1. The molecule has 2 saturated carbocycles. The number of hydrazine groups is 1. The smallest absolute Gasteiger partial charge is 0.408 e. The molecule has 2 unspecified atom stereocenters. The first kappa shape index (κ1) is 43.4. The normalized spacial score (nSPS) is 26.9. The van der Waals surface area contributed by atoms with E-state index >= 15 is 0 Å². The summed E-state index contributed by atoms with van der Waals surface area (Å²) >= 11 is 0. The maximum atomic E-state index is 14.1. The van der Waals surface area contributed by atoms with Crippen molar-refractivity contribution in [2.75, 3.05) is 57.9 Å². The standard InChI is InChI=1S/C47H67N7O7/c1-10-53-38-16-13-30-22-33(38)35(41(53)34-23-32(26-48-40(34)29(2)58-9)52-20-18-51(19-21-52)31-14-15-31)24-46(6,7)28-60-43(56)36-12-11-17-54(50-36)42(55)37(27-59-39-25-47(30,39)8)49-44(57)61-45(3,4)5/h13,16,22-23,26,29,31,36-37,39,50H,10-12,14-15,17-21,24-25,27-28H2,1-9H3,(H,49,57)/t29-,36-,37?,39+,47?/m0/s1. The second kappa shape index (κ2) is 16.8. The number of hydrogen-bond donors (Lipinski definition) is 2. The van der Waals surface area contributed by atoms with E-state index in [1.165, 1.54) is 23.4 Å². The summed E-state index contributed by atoms with van der Waals surface area (Å²) in [7, 11) is 1.74. The van der Waals surface area contributed by atoms with Gasteiger partial charge in [-0.2, -0.15) is 0 Å². The highest BCUT2D eigenvalue weighted by Crippen LogP contribution is 2.52. The van der Waals surface area contributed by atoms with Crippen molar-refractivity contribution in [3.63, 3.8) is 0 Å². The van der Waals surface area contributed by atoms with Crippen LogP contribution in [0.25, 0.3) is 22.2 Å². The molecule has 2 N–H and O–H groups in total.